The van der Waals surface area contributed by atoms with Crippen molar-refractivity contribution < 1.29 is 12.8 Å². The van der Waals surface area contributed by atoms with Gasteiger partial charge in [-0.25, -0.2) is 17.5 Å². The van der Waals surface area contributed by atoms with Crippen molar-refractivity contribution >= 4 is 15.7 Å². The second kappa shape index (κ2) is 6.07. The molecule has 1 fully saturated rings. The van der Waals surface area contributed by atoms with Gasteiger partial charge in [-0.15, -0.1) is 0 Å². The van der Waals surface area contributed by atoms with Crippen LogP contribution in [0.2, 0.25) is 0 Å². The number of nitrogens with two attached hydrogens (primary N) is 1. The van der Waals surface area contributed by atoms with Gasteiger partial charge in [-0.1, -0.05) is 0 Å². The van der Waals surface area contributed by atoms with Crippen molar-refractivity contribution in [3.8, 4) is 0 Å². The van der Waals surface area contributed by atoms with Crippen LogP contribution >= 0.6 is 0 Å². The van der Waals surface area contributed by atoms with E-state index in [0.717, 1.165) is 38.1 Å². The summed E-state index contributed by atoms with van der Waals surface area (Å²) in [5, 5.41) is 0. The molecule has 0 aliphatic carbocycles. The Kier molecular flexibility index (Phi) is 4.62. The molecule has 7 heteroatoms. The molecule has 0 bridgehead atoms. The number of hydrogen-bond donors (Lipinski definition) is 2. The first-order valence-corrected chi connectivity index (χ1v) is 8.17. The van der Waals surface area contributed by atoms with Gasteiger partial charge in [0.2, 0.25) is 10.0 Å². The number of sulfonamides is 1. The Hall–Kier alpha value is -1.18. The number of rotatable bonds is 5. The molecule has 1 aliphatic rings. The van der Waals surface area contributed by atoms with Gasteiger partial charge in [0.1, 0.15) is 5.82 Å². The van der Waals surface area contributed by atoms with Crippen LogP contribution in [-0.2, 0) is 10.0 Å². The third kappa shape index (κ3) is 3.47. The van der Waals surface area contributed by atoms with E-state index in [4.69, 9.17) is 5.73 Å². The fourth-order valence-electron chi connectivity index (χ4n) is 2.31. The standard InChI is InChI=1S/C13H20FN3O2S/c1-10(17-6-2-3-7-17)9-16-20(18,19)11-4-5-12(14)13(15)8-11/h4-5,8,10,16H,2-3,6-7,9,15H2,1H3. The molecule has 0 radical (unpaired) electrons. The molecule has 2 rings (SSSR count). The van der Waals surface area contributed by atoms with Crippen molar-refractivity contribution in [2.24, 2.45) is 0 Å². The maximum absolute atomic E-state index is 13.1. The van der Waals surface area contributed by atoms with Crippen LogP contribution in [0.15, 0.2) is 23.1 Å². The number of anilines is 1. The molecule has 5 nitrogen and oxygen atoms in total. The second-order valence-electron chi connectivity index (χ2n) is 5.13. The molecule has 1 unspecified atom stereocenters. The first-order chi connectivity index (χ1) is 9.40. The summed E-state index contributed by atoms with van der Waals surface area (Å²) in [7, 11) is -3.65. The Bertz CT molecular complexity index is 571. The Labute approximate surface area is 119 Å². The summed E-state index contributed by atoms with van der Waals surface area (Å²) >= 11 is 0. The summed E-state index contributed by atoms with van der Waals surface area (Å²) in [4.78, 5) is 2.24. The van der Waals surface area contributed by atoms with Gasteiger partial charge in [0.25, 0.3) is 0 Å². The minimum absolute atomic E-state index is 0.00924. The lowest BCUT2D eigenvalue weighted by atomic mass is 10.3. The number of likely N-dealkylation sites (tertiary alicyclic amines) is 1. The topological polar surface area (TPSA) is 75.4 Å². The van der Waals surface area contributed by atoms with E-state index in [1.54, 1.807) is 0 Å². The van der Waals surface area contributed by atoms with Gasteiger partial charge in [-0.05, 0) is 51.1 Å². The molecular weight excluding hydrogens is 281 g/mol. The Morgan fingerprint density at radius 2 is 2.05 bits per heavy atom. The summed E-state index contributed by atoms with van der Waals surface area (Å²) < 4.78 is 39.8. The Morgan fingerprint density at radius 1 is 1.40 bits per heavy atom. The van der Waals surface area contributed by atoms with E-state index >= 15 is 0 Å². The van der Waals surface area contributed by atoms with Crippen LogP contribution in [0.3, 0.4) is 0 Å². The van der Waals surface area contributed by atoms with Crippen molar-refractivity contribution in [1.29, 1.82) is 0 Å². The SMILES string of the molecule is CC(CNS(=O)(=O)c1ccc(F)c(N)c1)N1CCCC1. The number of nitrogen functional groups attached to an aromatic ring is 1. The van der Waals surface area contributed by atoms with Gasteiger partial charge < -0.3 is 5.73 Å². The highest BCUT2D eigenvalue weighted by atomic mass is 32.2. The number of halogens is 1. The molecule has 0 spiro atoms. The van der Waals surface area contributed by atoms with Crippen LogP contribution < -0.4 is 10.5 Å². The van der Waals surface area contributed by atoms with Gasteiger partial charge in [-0.2, -0.15) is 0 Å². The minimum atomic E-state index is -3.65. The van der Waals surface area contributed by atoms with E-state index < -0.39 is 15.8 Å². The first kappa shape index (κ1) is 15.2. The highest BCUT2D eigenvalue weighted by Gasteiger charge is 2.21. The van der Waals surface area contributed by atoms with E-state index in [2.05, 4.69) is 9.62 Å². The Morgan fingerprint density at radius 3 is 2.65 bits per heavy atom. The number of hydrogen-bond acceptors (Lipinski definition) is 4. The van der Waals surface area contributed by atoms with Crippen LogP contribution in [0, 0.1) is 5.82 Å². The van der Waals surface area contributed by atoms with Crippen molar-refractivity contribution in [1.82, 2.24) is 9.62 Å². The second-order valence-corrected chi connectivity index (χ2v) is 6.89. The van der Waals surface area contributed by atoms with E-state index in [-0.39, 0.29) is 16.6 Å². The largest absolute Gasteiger partial charge is 0.396 e. The molecule has 0 saturated carbocycles. The summed E-state index contributed by atoms with van der Waals surface area (Å²) in [6.07, 6.45) is 2.32. The predicted octanol–water partition coefficient (Wildman–Crippen LogP) is 1.17. The van der Waals surface area contributed by atoms with Crippen LogP contribution in [0.25, 0.3) is 0 Å². The number of nitrogens with one attached hydrogen (secondary N) is 1. The molecular formula is C13H20FN3O2S. The maximum atomic E-state index is 13.1. The Balaban J connectivity index is 2.01. The molecule has 112 valence electrons. The molecule has 1 aromatic rings. The third-order valence-corrected chi connectivity index (χ3v) is 5.03. The van der Waals surface area contributed by atoms with Gasteiger partial charge in [0.15, 0.2) is 0 Å². The van der Waals surface area contributed by atoms with Gasteiger partial charge in [-0.3, -0.25) is 4.90 Å². The lowest BCUT2D eigenvalue weighted by Crippen LogP contribution is -2.40. The highest BCUT2D eigenvalue weighted by molar-refractivity contribution is 7.89. The zero-order valence-electron chi connectivity index (χ0n) is 11.5. The zero-order chi connectivity index (χ0) is 14.8. The minimum Gasteiger partial charge on any atom is -0.396 e. The van der Waals surface area contributed by atoms with Gasteiger partial charge in [0, 0.05) is 12.6 Å². The molecule has 1 aliphatic heterocycles. The van der Waals surface area contributed by atoms with Crippen molar-refractivity contribution in [3.63, 3.8) is 0 Å². The molecule has 1 atom stereocenters. The molecule has 3 N–H and O–H groups in total. The fourth-order valence-corrected chi connectivity index (χ4v) is 3.47. The van der Waals surface area contributed by atoms with E-state index in [1.165, 1.54) is 6.07 Å². The zero-order valence-corrected chi connectivity index (χ0v) is 12.3. The number of nitrogens with zero attached hydrogens (tertiary/aromatic N) is 1. The highest BCUT2D eigenvalue weighted by Crippen LogP contribution is 2.17. The third-order valence-electron chi connectivity index (χ3n) is 3.61. The lowest BCUT2D eigenvalue weighted by Gasteiger charge is -2.23. The average Bonchev–Trinajstić information content (AvgIpc) is 2.93. The molecule has 0 aromatic heterocycles. The first-order valence-electron chi connectivity index (χ1n) is 6.69. The number of benzene rings is 1. The normalized spacial score (nSPS) is 18.3. The molecule has 1 heterocycles. The molecule has 1 aromatic carbocycles. The molecule has 1 saturated heterocycles. The summed E-state index contributed by atoms with van der Waals surface area (Å²) in [5.41, 5.74) is 5.23. The van der Waals surface area contributed by atoms with Crippen LogP contribution in [0.5, 0.6) is 0 Å². The summed E-state index contributed by atoms with van der Waals surface area (Å²) in [5.74, 6) is -0.616. The predicted molar refractivity (Wildman–Crippen MR) is 76.3 cm³/mol. The van der Waals surface area contributed by atoms with E-state index in [1.807, 2.05) is 6.92 Å². The maximum Gasteiger partial charge on any atom is 0.240 e. The quantitative estimate of drug-likeness (QED) is 0.801. The lowest BCUT2D eigenvalue weighted by molar-refractivity contribution is 0.260. The van der Waals surface area contributed by atoms with Gasteiger partial charge >= 0.3 is 0 Å². The monoisotopic (exact) mass is 301 g/mol. The summed E-state index contributed by atoms with van der Waals surface area (Å²) in [6.45, 7) is 4.34. The summed E-state index contributed by atoms with van der Waals surface area (Å²) in [6, 6.07) is 3.56. The average molecular weight is 301 g/mol. The van der Waals surface area contributed by atoms with Gasteiger partial charge in [0.05, 0.1) is 10.6 Å². The van der Waals surface area contributed by atoms with Crippen LogP contribution in [0.4, 0.5) is 10.1 Å². The van der Waals surface area contributed by atoms with Crippen molar-refractivity contribution in [2.45, 2.75) is 30.7 Å². The molecule has 0 amide bonds. The van der Waals surface area contributed by atoms with Crippen LogP contribution in [-0.4, -0.2) is 39.0 Å². The smallest absolute Gasteiger partial charge is 0.240 e. The van der Waals surface area contributed by atoms with Crippen molar-refractivity contribution in [2.75, 3.05) is 25.4 Å². The fraction of sp³-hybridized carbons (Fsp3) is 0.538. The van der Waals surface area contributed by atoms with E-state index in [9.17, 15) is 12.8 Å². The van der Waals surface area contributed by atoms with E-state index in [0.29, 0.717) is 6.54 Å². The van der Waals surface area contributed by atoms with Crippen LogP contribution in [0.1, 0.15) is 19.8 Å². The molecule has 20 heavy (non-hydrogen) atoms. The van der Waals surface area contributed by atoms with Crippen molar-refractivity contribution in [3.05, 3.63) is 24.0 Å².